The van der Waals surface area contributed by atoms with E-state index >= 15 is 0 Å². The Bertz CT molecular complexity index is 726. The van der Waals surface area contributed by atoms with E-state index in [2.05, 4.69) is 5.32 Å². The molecule has 1 saturated carbocycles. The van der Waals surface area contributed by atoms with E-state index in [1.807, 2.05) is 13.8 Å². The Morgan fingerprint density at radius 2 is 2.24 bits per heavy atom. The molecule has 1 heterocycles. The second-order valence-corrected chi connectivity index (χ2v) is 7.14. The summed E-state index contributed by atoms with van der Waals surface area (Å²) in [5.41, 5.74) is 5.94. The summed E-state index contributed by atoms with van der Waals surface area (Å²) >= 11 is 1.25. The molecule has 1 amide bonds. The number of nitrogens with two attached hydrogens (primary N) is 1. The second-order valence-electron chi connectivity index (χ2n) is 6.08. The lowest BCUT2D eigenvalue weighted by atomic mass is 9.64. The number of nitrogens with one attached hydrogen (secondary N) is 1. The van der Waals surface area contributed by atoms with Crippen LogP contribution in [0.1, 0.15) is 29.9 Å². The molecular formula is C15H17FN2O2S. The number of aliphatic hydroxyl groups excluding tert-OH is 1. The Hall–Kier alpha value is -1.66. The number of nitrogen functional groups attached to an aromatic ring is 1. The van der Waals surface area contributed by atoms with Crippen LogP contribution in [0.2, 0.25) is 0 Å². The number of carbonyl (C=O) groups is 1. The molecule has 1 fully saturated rings. The third kappa shape index (κ3) is 2.18. The van der Waals surface area contributed by atoms with Crippen molar-refractivity contribution < 1.29 is 14.3 Å². The Balaban J connectivity index is 1.87. The number of fused-ring (bicyclic) bond motifs is 1. The second kappa shape index (κ2) is 4.68. The first-order valence-corrected chi connectivity index (χ1v) is 7.59. The molecule has 1 aromatic heterocycles. The van der Waals surface area contributed by atoms with E-state index < -0.39 is 6.10 Å². The van der Waals surface area contributed by atoms with Gasteiger partial charge < -0.3 is 16.2 Å². The minimum Gasteiger partial charge on any atom is -0.397 e. The van der Waals surface area contributed by atoms with Gasteiger partial charge in [-0.2, -0.15) is 0 Å². The summed E-state index contributed by atoms with van der Waals surface area (Å²) in [4.78, 5) is 12.8. The van der Waals surface area contributed by atoms with Crippen LogP contribution in [0.3, 0.4) is 0 Å². The van der Waals surface area contributed by atoms with E-state index in [0.29, 0.717) is 22.4 Å². The Morgan fingerprint density at radius 3 is 2.86 bits per heavy atom. The molecule has 1 aliphatic carbocycles. The van der Waals surface area contributed by atoms with E-state index in [1.54, 1.807) is 6.07 Å². The van der Waals surface area contributed by atoms with Crippen molar-refractivity contribution in [2.24, 2.45) is 5.41 Å². The fourth-order valence-corrected chi connectivity index (χ4v) is 3.64. The number of anilines is 1. The van der Waals surface area contributed by atoms with Gasteiger partial charge in [-0.05, 0) is 24.6 Å². The van der Waals surface area contributed by atoms with E-state index in [1.165, 1.54) is 23.5 Å². The summed E-state index contributed by atoms with van der Waals surface area (Å²) in [7, 11) is 0. The fourth-order valence-electron chi connectivity index (χ4n) is 2.63. The number of carbonyl (C=O) groups excluding carboxylic acids is 1. The maximum atomic E-state index is 13.3. The van der Waals surface area contributed by atoms with Crippen molar-refractivity contribution in [1.82, 2.24) is 5.32 Å². The number of rotatable bonds is 2. The number of aliphatic hydroxyl groups is 1. The van der Waals surface area contributed by atoms with Crippen molar-refractivity contribution in [2.75, 3.05) is 5.73 Å². The van der Waals surface area contributed by atoms with Crippen LogP contribution < -0.4 is 11.1 Å². The highest BCUT2D eigenvalue weighted by atomic mass is 32.1. The molecule has 0 spiro atoms. The summed E-state index contributed by atoms with van der Waals surface area (Å²) in [6, 6.07) is 4.24. The van der Waals surface area contributed by atoms with Gasteiger partial charge >= 0.3 is 0 Å². The standard InChI is InChI=1S/C15H17FN2O2S/c1-15(2)10(6-11(15)19)18-14(20)13-12(17)8-5-7(16)3-4-9(8)21-13/h3-5,10-11,19H,6,17H2,1-2H3,(H,18,20). The van der Waals surface area contributed by atoms with Crippen molar-refractivity contribution >= 4 is 33.0 Å². The van der Waals surface area contributed by atoms with Crippen LogP contribution in [0.4, 0.5) is 10.1 Å². The zero-order chi connectivity index (χ0) is 15.4. The molecule has 4 N–H and O–H groups in total. The summed E-state index contributed by atoms with van der Waals surface area (Å²) in [6.45, 7) is 3.82. The molecule has 3 rings (SSSR count). The normalized spacial score (nSPS) is 23.8. The molecule has 21 heavy (non-hydrogen) atoms. The van der Waals surface area contributed by atoms with Gasteiger partial charge in [-0.1, -0.05) is 13.8 Å². The van der Waals surface area contributed by atoms with Crippen molar-refractivity contribution in [2.45, 2.75) is 32.4 Å². The van der Waals surface area contributed by atoms with Crippen LogP contribution in [0.25, 0.3) is 10.1 Å². The van der Waals surface area contributed by atoms with Crippen LogP contribution in [-0.2, 0) is 0 Å². The fraction of sp³-hybridized carbons (Fsp3) is 0.400. The summed E-state index contributed by atoms with van der Waals surface area (Å²) in [6.07, 6.45) is 0.134. The topological polar surface area (TPSA) is 75.3 Å². The molecule has 1 aromatic carbocycles. The molecule has 1 aliphatic rings. The van der Waals surface area contributed by atoms with E-state index in [0.717, 1.165) is 4.70 Å². The van der Waals surface area contributed by atoms with E-state index in [9.17, 15) is 14.3 Å². The average Bonchev–Trinajstić information content (AvgIpc) is 2.75. The largest absolute Gasteiger partial charge is 0.397 e. The highest BCUT2D eigenvalue weighted by Crippen LogP contribution is 2.41. The monoisotopic (exact) mass is 308 g/mol. The summed E-state index contributed by atoms with van der Waals surface area (Å²) < 4.78 is 14.1. The first kappa shape index (κ1) is 14.3. The zero-order valence-electron chi connectivity index (χ0n) is 11.8. The van der Waals surface area contributed by atoms with Crippen molar-refractivity contribution in [3.8, 4) is 0 Å². The van der Waals surface area contributed by atoms with Crippen LogP contribution in [0.15, 0.2) is 18.2 Å². The molecule has 2 atom stereocenters. The number of amides is 1. The molecule has 2 aromatic rings. The highest BCUT2D eigenvalue weighted by Gasteiger charge is 2.48. The Kier molecular flexibility index (Phi) is 3.18. The molecule has 112 valence electrons. The Labute approximate surface area is 125 Å². The van der Waals surface area contributed by atoms with Gasteiger partial charge in [0.2, 0.25) is 0 Å². The third-order valence-corrected chi connectivity index (χ3v) is 5.60. The van der Waals surface area contributed by atoms with Crippen LogP contribution in [0, 0.1) is 11.2 Å². The van der Waals surface area contributed by atoms with Gasteiger partial charge in [0, 0.05) is 21.5 Å². The summed E-state index contributed by atoms with van der Waals surface area (Å²) in [5.74, 6) is -0.638. The average molecular weight is 308 g/mol. The molecular weight excluding hydrogens is 291 g/mol. The number of benzene rings is 1. The van der Waals surface area contributed by atoms with E-state index in [4.69, 9.17) is 5.73 Å². The smallest absolute Gasteiger partial charge is 0.263 e. The van der Waals surface area contributed by atoms with Crippen LogP contribution in [-0.4, -0.2) is 23.2 Å². The van der Waals surface area contributed by atoms with Gasteiger partial charge in [0.1, 0.15) is 10.7 Å². The molecule has 0 bridgehead atoms. The quantitative estimate of drug-likeness (QED) is 0.798. The molecule has 0 radical (unpaired) electrons. The predicted octanol–water partition coefficient (Wildman–Crippen LogP) is 2.51. The number of hydrogen-bond donors (Lipinski definition) is 3. The number of thiophene rings is 1. The lowest BCUT2D eigenvalue weighted by Gasteiger charge is -2.49. The van der Waals surface area contributed by atoms with Crippen molar-refractivity contribution in [3.05, 3.63) is 28.9 Å². The Morgan fingerprint density at radius 1 is 1.52 bits per heavy atom. The SMILES string of the molecule is CC1(C)C(O)CC1NC(=O)c1sc2ccc(F)cc2c1N. The molecule has 4 nitrogen and oxygen atoms in total. The van der Waals surface area contributed by atoms with Gasteiger partial charge in [0.25, 0.3) is 5.91 Å². The number of hydrogen-bond acceptors (Lipinski definition) is 4. The molecule has 2 unspecified atom stereocenters. The third-order valence-electron chi connectivity index (χ3n) is 4.42. The zero-order valence-corrected chi connectivity index (χ0v) is 12.6. The minimum absolute atomic E-state index is 0.0821. The van der Waals surface area contributed by atoms with Gasteiger partial charge in [0.15, 0.2) is 0 Å². The van der Waals surface area contributed by atoms with Crippen molar-refractivity contribution in [3.63, 3.8) is 0 Å². The van der Waals surface area contributed by atoms with Crippen LogP contribution in [0.5, 0.6) is 0 Å². The molecule has 0 aliphatic heterocycles. The van der Waals surface area contributed by atoms with Gasteiger partial charge in [-0.3, -0.25) is 4.79 Å². The first-order valence-electron chi connectivity index (χ1n) is 6.77. The first-order chi connectivity index (χ1) is 9.80. The highest BCUT2D eigenvalue weighted by molar-refractivity contribution is 7.21. The lowest BCUT2D eigenvalue weighted by Crippen LogP contribution is -2.61. The van der Waals surface area contributed by atoms with Gasteiger partial charge in [-0.15, -0.1) is 11.3 Å². The predicted molar refractivity (Wildman–Crippen MR) is 81.9 cm³/mol. The van der Waals surface area contributed by atoms with Gasteiger partial charge in [0.05, 0.1) is 11.8 Å². The molecule has 6 heteroatoms. The summed E-state index contributed by atoms with van der Waals surface area (Å²) in [5, 5.41) is 13.2. The van der Waals surface area contributed by atoms with Gasteiger partial charge in [-0.25, -0.2) is 4.39 Å². The van der Waals surface area contributed by atoms with Crippen molar-refractivity contribution in [1.29, 1.82) is 0 Å². The molecule has 0 saturated heterocycles. The maximum absolute atomic E-state index is 13.3. The lowest BCUT2D eigenvalue weighted by molar-refractivity contribution is -0.0689. The van der Waals surface area contributed by atoms with Crippen LogP contribution >= 0.6 is 11.3 Å². The van der Waals surface area contributed by atoms with E-state index in [-0.39, 0.29) is 23.2 Å². The number of halogens is 1. The maximum Gasteiger partial charge on any atom is 0.263 e. The minimum atomic E-state index is -0.406.